The van der Waals surface area contributed by atoms with E-state index < -0.39 is 5.97 Å². The second kappa shape index (κ2) is 6.79. The average molecular weight is 372 g/mol. The summed E-state index contributed by atoms with van der Waals surface area (Å²) in [5.41, 5.74) is 3.06. The molecule has 2 aromatic rings. The van der Waals surface area contributed by atoms with E-state index in [1.165, 1.54) is 0 Å². The number of hydrogen-bond donors (Lipinski definition) is 0. The first kappa shape index (κ1) is 15.5. The first-order valence-corrected chi connectivity index (χ1v) is 7.86. The summed E-state index contributed by atoms with van der Waals surface area (Å²) in [6, 6.07) is 15.5. The normalized spacial score (nSPS) is 15.5. The van der Waals surface area contributed by atoms with Gasteiger partial charge in [-0.2, -0.15) is 0 Å². The van der Waals surface area contributed by atoms with Crippen molar-refractivity contribution in [1.82, 2.24) is 0 Å². The molecule has 0 saturated carbocycles. The summed E-state index contributed by atoms with van der Waals surface area (Å²) < 4.78 is 6.79. The van der Waals surface area contributed by atoms with Gasteiger partial charge in [-0.05, 0) is 48.4 Å². The molecular formula is C18H14BrNO3. The van der Waals surface area contributed by atoms with Crippen LogP contribution in [0.4, 0.5) is 0 Å². The summed E-state index contributed by atoms with van der Waals surface area (Å²) >= 11 is 3.41. The van der Waals surface area contributed by atoms with Crippen molar-refractivity contribution in [3.63, 3.8) is 0 Å². The predicted octanol–water partition coefficient (Wildman–Crippen LogP) is 4.34. The van der Waals surface area contributed by atoms with Crippen molar-refractivity contribution in [3.05, 3.63) is 69.7 Å². The van der Waals surface area contributed by atoms with Crippen molar-refractivity contribution >= 4 is 33.7 Å². The molecule has 116 valence electrons. The lowest BCUT2D eigenvalue weighted by molar-refractivity contribution is -0.136. The molecule has 0 aliphatic carbocycles. The van der Waals surface area contributed by atoms with Crippen LogP contribution in [0.25, 0.3) is 6.08 Å². The number of carbonyl (C=O) groups excluding carboxylic acids is 1. The lowest BCUT2D eigenvalue weighted by Crippen LogP contribution is -2.01. The predicted molar refractivity (Wildman–Crippen MR) is 92.1 cm³/mol. The third kappa shape index (κ3) is 3.87. The molecule has 23 heavy (non-hydrogen) atoms. The van der Waals surface area contributed by atoms with Gasteiger partial charge in [0.15, 0.2) is 0 Å². The summed E-state index contributed by atoms with van der Waals surface area (Å²) in [5.74, 6) is 0.354. The van der Waals surface area contributed by atoms with E-state index in [1.807, 2.05) is 48.5 Å². The molecule has 0 saturated heterocycles. The molecule has 0 aromatic heterocycles. The van der Waals surface area contributed by atoms with E-state index in [0.29, 0.717) is 17.9 Å². The third-order valence-corrected chi connectivity index (χ3v) is 3.91. The van der Waals surface area contributed by atoms with E-state index in [4.69, 9.17) is 4.74 Å². The molecule has 2 aromatic carbocycles. The molecule has 1 heterocycles. The number of hydrogen-bond acceptors (Lipinski definition) is 4. The van der Waals surface area contributed by atoms with E-state index in [-0.39, 0.29) is 0 Å². The van der Waals surface area contributed by atoms with Crippen LogP contribution < -0.4 is 4.74 Å². The van der Waals surface area contributed by atoms with E-state index in [2.05, 4.69) is 25.9 Å². The molecular weight excluding hydrogens is 358 g/mol. The summed E-state index contributed by atoms with van der Waals surface area (Å²) in [6.07, 6.45) is 1.76. The number of halogens is 1. The number of rotatable bonds is 4. The Morgan fingerprint density at radius 3 is 2.43 bits per heavy atom. The summed E-state index contributed by atoms with van der Waals surface area (Å²) in [5, 5.41) is 3.65. The van der Waals surface area contributed by atoms with E-state index in [9.17, 15) is 4.79 Å². The number of carbonyl (C=O) groups is 1. The maximum atomic E-state index is 11.5. The van der Waals surface area contributed by atoms with Gasteiger partial charge in [-0.3, -0.25) is 0 Å². The van der Waals surface area contributed by atoms with Gasteiger partial charge < -0.3 is 9.57 Å². The topological polar surface area (TPSA) is 47.9 Å². The maximum Gasteiger partial charge on any atom is 0.367 e. The first-order chi connectivity index (χ1) is 11.1. The van der Waals surface area contributed by atoms with Crippen molar-refractivity contribution in [1.29, 1.82) is 0 Å². The van der Waals surface area contributed by atoms with Gasteiger partial charge in [0, 0.05) is 4.47 Å². The van der Waals surface area contributed by atoms with Crippen LogP contribution in [0.2, 0.25) is 0 Å². The van der Waals surface area contributed by atoms with Crippen LogP contribution in [0, 0.1) is 0 Å². The molecule has 5 heteroatoms. The smallest absolute Gasteiger partial charge is 0.367 e. The van der Waals surface area contributed by atoms with Crippen molar-refractivity contribution < 1.29 is 14.4 Å². The van der Waals surface area contributed by atoms with Crippen molar-refractivity contribution in [3.8, 4) is 5.75 Å². The number of ether oxygens (including phenoxy) is 1. The summed E-state index contributed by atoms with van der Waals surface area (Å²) in [7, 11) is 0. The molecule has 0 fully saturated rings. The van der Waals surface area contributed by atoms with E-state index >= 15 is 0 Å². The molecule has 1 aliphatic rings. The quantitative estimate of drug-likeness (QED) is 0.593. The van der Waals surface area contributed by atoms with Gasteiger partial charge >= 0.3 is 5.97 Å². The van der Waals surface area contributed by atoms with Crippen LogP contribution in [-0.4, -0.2) is 11.7 Å². The van der Waals surface area contributed by atoms with Gasteiger partial charge in [0.05, 0.1) is 11.3 Å². The Bertz CT molecular complexity index is 777. The highest BCUT2D eigenvalue weighted by Crippen LogP contribution is 2.19. The molecule has 0 spiro atoms. The maximum absolute atomic E-state index is 11.5. The highest BCUT2D eigenvalue weighted by atomic mass is 79.9. The van der Waals surface area contributed by atoms with E-state index in [1.54, 1.807) is 13.0 Å². The fourth-order valence-corrected chi connectivity index (χ4v) is 2.36. The van der Waals surface area contributed by atoms with E-state index in [0.717, 1.165) is 21.3 Å². The Morgan fingerprint density at radius 2 is 1.83 bits per heavy atom. The van der Waals surface area contributed by atoms with Crippen LogP contribution >= 0.6 is 15.9 Å². The molecule has 0 N–H and O–H groups in total. The van der Waals surface area contributed by atoms with Gasteiger partial charge in [0.25, 0.3) is 0 Å². The zero-order chi connectivity index (χ0) is 16.2. The lowest BCUT2D eigenvalue weighted by atomic mass is 10.1. The Morgan fingerprint density at radius 1 is 1.13 bits per heavy atom. The highest BCUT2D eigenvalue weighted by Gasteiger charge is 2.21. The van der Waals surface area contributed by atoms with Crippen LogP contribution in [0.3, 0.4) is 0 Å². The van der Waals surface area contributed by atoms with Gasteiger partial charge in [0.1, 0.15) is 12.4 Å². The standard InChI is InChI=1S/C18H14BrNO3/c1-12-17(18(21)23-20-12)10-13-4-8-16(9-5-13)22-11-14-2-6-15(19)7-3-14/h2-10H,11H2,1H3/b17-10-. The monoisotopic (exact) mass is 371 g/mol. The molecule has 0 unspecified atom stereocenters. The van der Waals surface area contributed by atoms with Crippen LogP contribution in [0.5, 0.6) is 5.75 Å². The summed E-state index contributed by atoms with van der Waals surface area (Å²) in [6.45, 7) is 2.25. The Hall–Kier alpha value is -2.40. The third-order valence-electron chi connectivity index (χ3n) is 3.39. The fourth-order valence-electron chi connectivity index (χ4n) is 2.09. The number of nitrogens with zero attached hydrogens (tertiary/aromatic N) is 1. The summed E-state index contributed by atoms with van der Waals surface area (Å²) in [4.78, 5) is 16.1. The van der Waals surface area contributed by atoms with Crippen molar-refractivity contribution in [2.45, 2.75) is 13.5 Å². The SMILES string of the molecule is CC1=NOC(=O)/C1=C\c1ccc(OCc2ccc(Br)cc2)cc1. The number of oxime groups is 1. The lowest BCUT2D eigenvalue weighted by Gasteiger charge is -2.07. The fraction of sp³-hybridized carbons (Fsp3) is 0.111. The Balaban J connectivity index is 1.65. The first-order valence-electron chi connectivity index (χ1n) is 7.07. The van der Waals surface area contributed by atoms with Crippen molar-refractivity contribution in [2.24, 2.45) is 5.16 Å². The molecule has 3 rings (SSSR count). The Kier molecular flexibility index (Phi) is 4.57. The second-order valence-electron chi connectivity index (χ2n) is 5.10. The molecule has 0 atom stereocenters. The molecule has 0 amide bonds. The average Bonchev–Trinajstić information content (AvgIpc) is 2.88. The van der Waals surface area contributed by atoms with Gasteiger partial charge in [-0.1, -0.05) is 45.4 Å². The minimum absolute atomic E-state index is 0.418. The molecule has 4 nitrogen and oxygen atoms in total. The van der Waals surface area contributed by atoms with Gasteiger partial charge in [-0.15, -0.1) is 0 Å². The molecule has 0 radical (unpaired) electrons. The van der Waals surface area contributed by atoms with Crippen molar-refractivity contribution in [2.75, 3.05) is 0 Å². The van der Waals surface area contributed by atoms with Crippen LogP contribution in [-0.2, 0) is 16.2 Å². The molecule has 1 aliphatic heterocycles. The van der Waals surface area contributed by atoms with Gasteiger partial charge in [-0.25, -0.2) is 4.79 Å². The van der Waals surface area contributed by atoms with Gasteiger partial charge in [0.2, 0.25) is 0 Å². The number of benzene rings is 2. The zero-order valence-corrected chi connectivity index (χ0v) is 14.0. The minimum atomic E-state index is -0.418. The second-order valence-corrected chi connectivity index (χ2v) is 6.01. The minimum Gasteiger partial charge on any atom is -0.489 e. The highest BCUT2D eigenvalue weighted by molar-refractivity contribution is 9.10. The Labute approximate surface area is 142 Å². The zero-order valence-electron chi connectivity index (χ0n) is 12.5. The molecule has 0 bridgehead atoms. The van der Waals surface area contributed by atoms with Crippen LogP contribution in [0.1, 0.15) is 18.1 Å². The largest absolute Gasteiger partial charge is 0.489 e. The van der Waals surface area contributed by atoms with Crippen LogP contribution in [0.15, 0.2) is 63.7 Å².